The number of rotatable bonds is 3. The number of carbonyl (C=O) groups excluding carboxylic acids is 1. The summed E-state index contributed by atoms with van der Waals surface area (Å²) in [5.41, 5.74) is 0. The monoisotopic (exact) mass is 270 g/mol. The molecule has 4 heteroatoms. The quantitative estimate of drug-likeness (QED) is 0.614. The number of hydrogen-bond donors (Lipinski definition) is 1. The van der Waals surface area contributed by atoms with Gasteiger partial charge in [-0.05, 0) is 20.0 Å². The van der Waals surface area contributed by atoms with Gasteiger partial charge in [0.15, 0.2) is 0 Å². The molecule has 0 saturated carbocycles. The molecule has 66 valence electrons. The van der Waals surface area contributed by atoms with Gasteiger partial charge in [0.1, 0.15) is 0 Å². The lowest BCUT2D eigenvalue weighted by Gasteiger charge is -2.25. The highest BCUT2D eigenvalue weighted by molar-refractivity contribution is 14.1. The second-order valence-corrected chi connectivity index (χ2v) is 3.65. The third-order valence-electron chi connectivity index (χ3n) is 1.55. The summed E-state index contributed by atoms with van der Waals surface area (Å²) in [7, 11) is 3.83. The average Bonchev–Trinajstić information content (AvgIpc) is 1.85. The highest BCUT2D eigenvalue weighted by atomic mass is 127. The first-order valence-corrected chi connectivity index (χ1v) is 4.65. The van der Waals surface area contributed by atoms with Crippen molar-refractivity contribution in [1.82, 2.24) is 8.43 Å². The Morgan fingerprint density at radius 1 is 1.45 bits per heavy atom. The lowest BCUT2D eigenvalue weighted by Crippen LogP contribution is -2.43. The smallest absolute Gasteiger partial charge is 0.246 e. The van der Waals surface area contributed by atoms with Crippen molar-refractivity contribution in [3.05, 3.63) is 0 Å². The minimum Gasteiger partial charge on any atom is -0.298 e. The Labute approximate surface area is 82.0 Å². The van der Waals surface area contributed by atoms with Gasteiger partial charge in [-0.2, -0.15) is 0 Å². The van der Waals surface area contributed by atoms with Crippen LogP contribution in [0.1, 0.15) is 13.8 Å². The number of nitrogens with one attached hydrogen (secondary N) is 1. The molecule has 3 nitrogen and oxygen atoms in total. The molecule has 0 aromatic carbocycles. The van der Waals surface area contributed by atoms with Crippen LogP contribution in [0.2, 0.25) is 0 Å². The zero-order valence-electron chi connectivity index (χ0n) is 7.39. The van der Waals surface area contributed by atoms with Crippen LogP contribution in [0.15, 0.2) is 0 Å². The van der Waals surface area contributed by atoms with Crippen LogP contribution in [-0.2, 0) is 4.79 Å². The second-order valence-electron chi connectivity index (χ2n) is 3.11. The molecule has 0 spiro atoms. The highest BCUT2D eigenvalue weighted by Gasteiger charge is 2.22. The van der Waals surface area contributed by atoms with Gasteiger partial charge in [-0.25, -0.2) is 0 Å². The summed E-state index contributed by atoms with van der Waals surface area (Å²) in [6.45, 7) is 4.08. The van der Waals surface area contributed by atoms with Gasteiger partial charge in [0.05, 0.1) is 28.9 Å². The van der Waals surface area contributed by atoms with E-state index in [1.54, 1.807) is 0 Å². The summed E-state index contributed by atoms with van der Waals surface area (Å²) in [4.78, 5) is 13.2. The van der Waals surface area contributed by atoms with Crippen molar-refractivity contribution in [1.29, 1.82) is 0 Å². The third kappa shape index (κ3) is 3.37. The predicted molar refractivity (Wildman–Crippen MR) is 54.5 cm³/mol. The maximum atomic E-state index is 11.2. The van der Waals surface area contributed by atoms with E-state index in [1.807, 2.05) is 55.7 Å². The Hall–Kier alpha value is 0.160. The van der Waals surface area contributed by atoms with E-state index in [9.17, 15) is 4.79 Å². The van der Waals surface area contributed by atoms with E-state index in [-0.39, 0.29) is 11.9 Å². The molecule has 1 atom stereocenters. The van der Waals surface area contributed by atoms with Gasteiger partial charge in [0, 0.05) is 0 Å². The predicted octanol–water partition coefficient (Wildman–Crippen LogP) is 1.04. The summed E-state index contributed by atoms with van der Waals surface area (Å²) < 4.78 is 2.62. The maximum Gasteiger partial charge on any atom is 0.246 e. The van der Waals surface area contributed by atoms with E-state index < -0.39 is 0 Å². The molecule has 0 aromatic rings. The van der Waals surface area contributed by atoms with E-state index in [0.717, 1.165) is 0 Å². The van der Waals surface area contributed by atoms with E-state index in [0.29, 0.717) is 5.92 Å². The van der Waals surface area contributed by atoms with E-state index in [4.69, 9.17) is 0 Å². The number of likely N-dealkylation sites (N-methyl/N-ethyl adjacent to an activating group) is 1. The fourth-order valence-corrected chi connectivity index (χ4v) is 1.51. The molecular weight excluding hydrogens is 255 g/mol. The molecule has 1 N–H and O–H groups in total. The summed E-state index contributed by atoms with van der Waals surface area (Å²) in [5, 5.41) is 0. The van der Waals surface area contributed by atoms with Gasteiger partial charge in [0.2, 0.25) is 5.91 Å². The topological polar surface area (TPSA) is 32.3 Å². The van der Waals surface area contributed by atoms with Crippen LogP contribution in [-0.4, -0.2) is 30.9 Å². The zero-order chi connectivity index (χ0) is 9.02. The second kappa shape index (κ2) is 4.92. The Balaban J connectivity index is 4.22. The summed E-state index contributed by atoms with van der Waals surface area (Å²) in [6, 6.07) is -0.0214. The first-order chi connectivity index (χ1) is 5.00. The van der Waals surface area contributed by atoms with Crippen molar-refractivity contribution < 1.29 is 4.79 Å². The van der Waals surface area contributed by atoms with Gasteiger partial charge < -0.3 is 0 Å². The lowest BCUT2D eigenvalue weighted by atomic mass is 10.0. The molecule has 0 radical (unpaired) electrons. The van der Waals surface area contributed by atoms with Crippen molar-refractivity contribution in [2.45, 2.75) is 19.9 Å². The summed E-state index contributed by atoms with van der Waals surface area (Å²) in [6.07, 6.45) is 0. The number of halogens is 1. The fraction of sp³-hybridized carbons (Fsp3) is 0.857. The van der Waals surface area contributed by atoms with Crippen LogP contribution in [0.3, 0.4) is 0 Å². The minimum atomic E-state index is -0.0214. The summed E-state index contributed by atoms with van der Waals surface area (Å²) in [5.74, 6) is 0.422. The molecular formula is C7H15IN2O. The van der Waals surface area contributed by atoms with E-state index in [1.165, 1.54) is 0 Å². The third-order valence-corrected chi connectivity index (χ3v) is 2.08. The van der Waals surface area contributed by atoms with Gasteiger partial charge in [-0.1, -0.05) is 13.8 Å². The number of amides is 1. The average molecular weight is 270 g/mol. The van der Waals surface area contributed by atoms with E-state index >= 15 is 0 Å². The van der Waals surface area contributed by atoms with Crippen LogP contribution in [0.4, 0.5) is 0 Å². The molecule has 1 amide bonds. The Morgan fingerprint density at radius 3 is 2.00 bits per heavy atom. The lowest BCUT2D eigenvalue weighted by molar-refractivity contribution is -0.124. The van der Waals surface area contributed by atoms with Gasteiger partial charge >= 0.3 is 0 Å². The summed E-state index contributed by atoms with van der Waals surface area (Å²) >= 11 is 1.87. The molecule has 0 saturated heterocycles. The van der Waals surface area contributed by atoms with Crippen molar-refractivity contribution >= 4 is 28.8 Å². The normalized spacial score (nSPS) is 13.7. The molecule has 0 heterocycles. The van der Waals surface area contributed by atoms with Gasteiger partial charge in [-0.15, -0.1) is 0 Å². The molecule has 0 aliphatic rings. The van der Waals surface area contributed by atoms with Crippen LogP contribution >= 0.6 is 22.9 Å². The van der Waals surface area contributed by atoms with Crippen LogP contribution in [0, 0.1) is 5.92 Å². The van der Waals surface area contributed by atoms with Gasteiger partial charge in [0.25, 0.3) is 0 Å². The van der Waals surface area contributed by atoms with Crippen LogP contribution in [0.5, 0.6) is 0 Å². The first-order valence-electron chi connectivity index (χ1n) is 3.57. The first kappa shape index (κ1) is 11.2. The largest absolute Gasteiger partial charge is 0.298 e. The molecule has 0 aliphatic carbocycles. The number of carbonyl (C=O) groups is 1. The van der Waals surface area contributed by atoms with Crippen molar-refractivity contribution in [2.24, 2.45) is 5.92 Å². The standard InChI is InChI=1S/C7H15IN2O/c1-5(2)6(10(3)4)7(11)9-8/h5-6H,1-4H3,(H,9,11)/t6-/m1/s1. The molecule has 0 aliphatic heterocycles. The molecule has 0 rings (SSSR count). The molecule has 0 bridgehead atoms. The molecule has 11 heavy (non-hydrogen) atoms. The maximum absolute atomic E-state index is 11.2. The van der Waals surface area contributed by atoms with Gasteiger partial charge in [-0.3, -0.25) is 13.2 Å². The Kier molecular flexibility index (Phi) is 4.99. The van der Waals surface area contributed by atoms with Crippen molar-refractivity contribution in [2.75, 3.05) is 14.1 Å². The minimum absolute atomic E-state index is 0.0214. The molecule has 0 unspecified atom stereocenters. The Bertz CT molecular complexity index is 128. The Morgan fingerprint density at radius 2 is 1.91 bits per heavy atom. The van der Waals surface area contributed by atoms with Crippen LogP contribution in [0.25, 0.3) is 0 Å². The molecule has 0 fully saturated rings. The molecule has 0 aromatic heterocycles. The fourth-order valence-electron chi connectivity index (χ4n) is 1.19. The highest BCUT2D eigenvalue weighted by Crippen LogP contribution is 2.07. The van der Waals surface area contributed by atoms with Crippen LogP contribution < -0.4 is 3.53 Å². The zero-order valence-corrected chi connectivity index (χ0v) is 9.55. The van der Waals surface area contributed by atoms with Crippen molar-refractivity contribution in [3.8, 4) is 0 Å². The number of hydrogen-bond acceptors (Lipinski definition) is 2. The number of nitrogens with zero attached hydrogens (tertiary/aromatic N) is 1. The SMILES string of the molecule is CC(C)[C@H](C(=O)NI)N(C)C. The van der Waals surface area contributed by atoms with E-state index in [2.05, 4.69) is 3.53 Å². The van der Waals surface area contributed by atoms with Crippen molar-refractivity contribution in [3.63, 3.8) is 0 Å².